The van der Waals surface area contributed by atoms with E-state index in [1.165, 1.54) is 0 Å². The predicted molar refractivity (Wildman–Crippen MR) is 48.6 cm³/mol. The summed E-state index contributed by atoms with van der Waals surface area (Å²) in [5, 5.41) is 9.68. The summed E-state index contributed by atoms with van der Waals surface area (Å²) in [5.74, 6) is 1.14. The standard InChI is InChI=1S/C8H14N4O/c1-5-2-3-6(4-9-5)7-10-8(13)12-11-7/h5-6,9H,2-4H2,1H3,(H2,10,11,12,13). The highest BCUT2D eigenvalue weighted by atomic mass is 16.1. The molecule has 1 saturated heterocycles. The van der Waals surface area contributed by atoms with Crippen molar-refractivity contribution in [3.63, 3.8) is 0 Å². The van der Waals surface area contributed by atoms with Crippen LogP contribution < -0.4 is 11.0 Å². The largest absolute Gasteiger partial charge is 0.340 e. The first kappa shape index (κ1) is 8.50. The third kappa shape index (κ3) is 1.80. The molecule has 1 aromatic rings. The Kier molecular flexibility index (Phi) is 2.18. The molecule has 2 atom stereocenters. The fourth-order valence-corrected chi connectivity index (χ4v) is 1.71. The minimum Gasteiger partial charge on any atom is -0.314 e. The molecule has 1 aromatic heterocycles. The van der Waals surface area contributed by atoms with E-state index in [0.29, 0.717) is 12.0 Å². The molecule has 0 saturated carbocycles. The summed E-state index contributed by atoms with van der Waals surface area (Å²) in [6.45, 7) is 3.07. The first-order valence-electron chi connectivity index (χ1n) is 4.63. The zero-order valence-electron chi connectivity index (χ0n) is 7.63. The third-order valence-electron chi connectivity index (χ3n) is 2.57. The van der Waals surface area contributed by atoms with Gasteiger partial charge in [-0.3, -0.25) is 4.98 Å². The second kappa shape index (κ2) is 3.33. The quantitative estimate of drug-likeness (QED) is 0.570. The third-order valence-corrected chi connectivity index (χ3v) is 2.57. The van der Waals surface area contributed by atoms with Crippen LogP contribution in [-0.4, -0.2) is 27.8 Å². The molecule has 2 rings (SSSR count). The molecule has 2 heterocycles. The highest BCUT2D eigenvalue weighted by molar-refractivity contribution is 4.97. The van der Waals surface area contributed by atoms with Gasteiger partial charge in [-0.15, -0.1) is 0 Å². The molecule has 0 radical (unpaired) electrons. The van der Waals surface area contributed by atoms with Crippen LogP contribution in [0, 0.1) is 0 Å². The lowest BCUT2D eigenvalue weighted by atomic mass is 9.95. The Morgan fingerprint density at radius 3 is 2.85 bits per heavy atom. The van der Waals surface area contributed by atoms with E-state index in [0.717, 1.165) is 25.2 Å². The van der Waals surface area contributed by atoms with E-state index < -0.39 is 0 Å². The topological polar surface area (TPSA) is 73.6 Å². The molecule has 0 amide bonds. The Bertz CT molecular complexity index is 321. The van der Waals surface area contributed by atoms with Gasteiger partial charge < -0.3 is 5.32 Å². The number of H-pyrrole nitrogens is 2. The number of hydrogen-bond acceptors (Lipinski definition) is 3. The number of rotatable bonds is 1. The van der Waals surface area contributed by atoms with Gasteiger partial charge in [0.2, 0.25) is 0 Å². The monoisotopic (exact) mass is 182 g/mol. The van der Waals surface area contributed by atoms with Crippen LogP contribution in [0.5, 0.6) is 0 Å². The average molecular weight is 182 g/mol. The van der Waals surface area contributed by atoms with Gasteiger partial charge in [-0.2, -0.15) is 5.10 Å². The molecule has 0 spiro atoms. The molecule has 0 aromatic carbocycles. The predicted octanol–water partition coefficient (Wildman–Crippen LogP) is -0.0465. The summed E-state index contributed by atoms with van der Waals surface area (Å²) in [4.78, 5) is 13.5. The normalized spacial score (nSPS) is 29.0. The second-order valence-electron chi connectivity index (χ2n) is 3.65. The lowest BCUT2D eigenvalue weighted by Gasteiger charge is -2.25. The smallest absolute Gasteiger partial charge is 0.314 e. The zero-order valence-corrected chi connectivity index (χ0v) is 7.63. The molecule has 2 unspecified atom stereocenters. The van der Waals surface area contributed by atoms with Gasteiger partial charge in [-0.25, -0.2) is 9.89 Å². The first-order valence-corrected chi connectivity index (χ1v) is 4.63. The fraction of sp³-hybridized carbons (Fsp3) is 0.750. The molecular formula is C8H14N4O. The maximum absolute atomic E-state index is 10.8. The van der Waals surface area contributed by atoms with Gasteiger partial charge >= 0.3 is 5.69 Å². The molecular weight excluding hydrogens is 168 g/mol. The molecule has 0 aliphatic carbocycles. The van der Waals surface area contributed by atoms with Crippen molar-refractivity contribution in [2.45, 2.75) is 31.7 Å². The average Bonchev–Trinajstić information content (AvgIpc) is 2.53. The molecule has 13 heavy (non-hydrogen) atoms. The van der Waals surface area contributed by atoms with E-state index in [2.05, 4.69) is 27.4 Å². The van der Waals surface area contributed by atoms with E-state index in [1.54, 1.807) is 0 Å². The van der Waals surface area contributed by atoms with Crippen LogP contribution in [0.4, 0.5) is 0 Å². The Balaban J connectivity index is 2.06. The Hall–Kier alpha value is -1.10. The van der Waals surface area contributed by atoms with Crippen molar-refractivity contribution >= 4 is 0 Å². The lowest BCUT2D eigenvalue weighted by Crippen LogP contribution is -2.36. The number of nitrogens with zero attached hydrogens (tertiary/aromatic N) is 1. The molecule has 0 bridgehead atoms. The van der Waals surface area contributed by atoms with Gasteiger partial charge in [0.15, 0.2) is 0 Å². The number of aromatic nitrogens is 3. The van der Waals surface area contributed by atoms with Crippen LogP contribution in [0.2, 0.25) is 0 Å². The number of hydrogen-bond donors (Lipinski definition) is 3. The van der Waals surface area contributed by atoms with Crippen molar-refractivity contribution in [1.29, 1.82) is 0 Å². The minimum absolute atomic E-state index is 0.214. The summed E-state index contributed by atoms with van der Waals surface area (Å²) in [6.07, 6.45) is 2.23. The molecule has 5 heteroatoms. The number of piperidine rings is 1. The van der Waals surface area contributed by atoms with Crippen molar-refractivity contribution in [2.24, 2.45) is 0 Å². The van der Waals surface area contributed by atoms with Gasteiger partial charge in [-0.05, 0) is 19.8 Å². The van der Waals surface area contributed by atoms with Gasteiger partial charge in [0.05, 0.1) is 0 Å². The fourth-order valence-electron chi connectivity index (χ4n) is 1.71. The second-order valence-corrected chi connectivity index (χ2v) is 3.65. The summed E-state index contributed by atoms with van der Waals surface area (Å²) < 4.78 is 0. The summed E-state index contributed by atoms with van der Waals surface area (Å²) >= 11 is 0. The molecule has 72 valence electrons. The molecule has 5 nitrogen and oxygen atoms in total. The Morgan fingerprint density at radius 1 is 1.46 bits per heavy atom. The van der Waals surface area contributed by atoms with Crippen LogP contribution in [0.1, 0.15) is 31.5 Å². The number of nitrogens with one attached hydrogen (secondary N) is 3. The summed E-state index contributed by atoms with van der Waals surface area (Å²) in [5.41, 5.74) is -0.214. The first-order chi connectivity index (χ1) is 6.25. The van der Waals surface area contributed by atoms with Gasteiger partial charge in [0, 0.05) is 18.5 Å². The van der Waals surface area contributed by atoms with E-state index in [-0.39, 0.29) is 5.69 Å². The molecule has 1 aliphatic rings. The van der Waals surface area contributed by atoms with Crippen LogP contribution >= 0.6 is 0 Å². The molecule has 3 N–H and O–H groups in total. The van der Waals surface area contributed by atoms with E-state index in [4.69, 9.17) is 0 Å². The molecule has 1 aliphatic heterocycles. The highest BCUT2D eigenvalue weighted by Crippen LogP contribution is 2.20. The van der Waals surface area contributed by atoms with E-state index in [1.807, 2.05) is 0 Å². The van der Waals surface area contributed by atoms with Crippen molar-refractivity contribution in [3.8, 4) is 0 Å². The van der Waals surface area contributed by atoms with Gasteiger partial charge in [0.1, 0.15) is 5.82 Å². The summed E-state index contributed by atoms with van der Waals surface area (Å²) in [6, 6.07) is 0.585. The van der Waals surface area contributed by atoms with Crippen LogP contribution in [0.15, 0.2) is 4.79 Å². The maximum atomic E-state index is 10.8. The lowest BCUT2D eigenvalue weighted by molar-refractivity contribution is 0.376. The zero-order chi connectivity index (χ0) is 9.26. The summed E-state index contributed by atoms with van der Waals surface area (Å²) in [7, 11) is 0. The van der Waals surface area contributed by atoms with Crippen LogP contribution in [-0.2, 0) is 0 Å². The van der Waals surface area contributed by atoms with Crippen molar-refractivity contribution in [2.75, 3.05) is 6.54 Å². The maximum Gasteiger partial charge on any atom is 0.340 e. The Labute approximate surface area is 75.9 Å². The van der Waals surface area contributed by atoms with Gasteiger partial charge in [0.25, 0.3) is 0 Å². The van der Waals surface area contributed by atoms with Crippen molar-refractivity contribution in [1.82, 2.24) is 20.5 Å². The highest BCUT2D eigenvalue weighted by Gasteiger charge is 2.21. The van der Waals surface area contributed by atoms with Crippen LogP contribution in [0.3, 0.4) is 0 Å². The minimum atomic E-state index is -0.214. The molecule has 1 fully saturated rings. The SMILES string of the molecule is CC1CCC(c2n[nH]c(=O)[nH]2)CN1. The van der Waals surface area contributed by atoms with Crippen LogP contribution in [0.25, 0.3) is 0 Å². The van der Waals surface area contributed by atoms with Crippen molar-refractivity contribution in [3.05, 3.63) is 16.3 Å². The number of aromatic amines is 2. The Morgan fingerprint density at radius 2 is 2.31 bits per heavy atom. The van der Waals surface area contributed by atoms with Gasteiger partial charge in [-0.1, -0.05) is 0 Å². The van der Waals surface area contributed by atoms with E-state index >= 15 is 0 Å². The van der Waals surface area contributed by atoms with E-state index in [9.17, 15) is 4.79 Å². The van der Waals surface area contributed by atoms with Crippen molar-refractivity contribution < 1.29 is 0 Å².